The van der Waals surface area contributed by atoms with Crippen LogP contribution in [-0.4, -0.2) is 23.2 Å². The van der Waals surface area contributed by atoms with Crippen molar-refractivity contribution in [1.82, 2.24) is 0 Å². The molecule has 0 unspecified atom stereocenters. The zero-order chi connectivity index (χ0) is 11.8. The molecule has 16 heavy (non-hydrogen) atoms. The highest BCUT2D eigenvalue weighted by Gasteiger charge is 2.08. The Balaban J connectivity index is 2.46. The van der Waals surface area contributed by atoms with Gasteiger partial charge in [0, 0.05) is 5.56 Å². The topological polar surface area (TPSA) is 29.5 Å². The van der Waals surface area contributed by atoms with E-state index in [0.29, 0.717) is 12.2 Å². The predicted molar refractivity (Wildman–Crippen MR) is 65.4 cm³/mol. The summed E-state index contributed by atoms with van der Waals surface area (Å²) >= 11 is 1.83. The van der Waals surface area contributed by atoms with Crippen LogP contribution in [0.3, 0.4) is 0 Å². The molecule has 1 N–H and O–H groups in total. The second-order valence-electron chi connectivity index (χ2n) is 3.29. The molecule has 0 fully saturated rings. The van der Waals surface area contributed by atoms with Crippen LogP contribution in [-0.2, 0) is 6.61 Å². The highest BCUT2D eigenvalue weighted by Crippen LogP contribution is 2.22. The van der Waals surface area contributed by atoms with Gasteiger partial charge < -0.3 is 9.84 Å². The number of benzene rings is 1. The van der Waals surface area contributed by atoms with Gasteiger partial charge in [-0.2, -0.15) is 11.8 Å². The third-order valence-electron chi connectivity index (χ3n) is 2.10. The van der Waals surface area contributed by atoms with Crippen LogP contribution < -0.4 is 4.74 Å². The van der Waals surface area contributed by atoms with Crippen LogP contribution in [0.4, 0.5) is 4.39 Å². The third kappa shape index (κ3) is 4.02. The van der Waals surface area contributed by atoms with Gasteiger partial charge in [-0.1, -0.05) is 19.1 Å². The molecule has 0 heterocycles. The van der Waals surface area contributed by atoms with Crippen LogP contribution in [0.5, 0.6) is 5.75 Å². The summed E-state index contributed by atoms with van der Waals surface area (Å²) in [5.41, 5.74) is 0.503. The molecule has 0 saturated carbocycles. The Kier molecular flexibility index (Phi) is 6.26. The Bertz CT molecular complexity index is 318. The van der Waals surface area contributed by atoms with Crippen LogP contribution in [0.1, 0.15) is 18.9 Å². The SMILES string of the molecule is CCSCCCOc1c(F)cccc1CO. The molecule has 0 spiro atoms. The lowest BCUT2D eigenvalue weighted by molar-refractivity contribution is 0.256. The van der Waals surface area contributed by atoms with E-state index in [9.17, 15) is 4.39 Å². The minimum Gasteiger partial charge on any atom is -0.490 e. The van der Waals surface area contributed by atoms with Crippen molar-refractivity contribution in [2.75, 3.05) is 18.1 Å². The van der Waals surface area contributed by atoms with Crippen LogP contribution in [0.15, 0.2) is 18.2 Å². The lowest BCUT2D eigenvalue weighted by Crippen LogP contribution is -2.03. The summed E-state index contributed by atoms with van der Waals surface area (Å²) in [5.74, 6) is 1.88. The number of aliphatic hydroxyl groups is 1. The zero-order valence-electron chi connectivity index (χ0n) is 9.41. The van der Waals surface area contributed by atoms with Crippen molar-refractivity contribution in [3.8, 4) is 5.75 Å². The minimum atomic E-state index is -0.408. The molecule has 0 amide bonds. The molecule has 0 aliphatic heterocycles. The molecule has 90 valence electrons. The normalized spacial score (nSPS) is 10.4. The summed E-state index contributed by atoms with van der Waals surface area (Å²) in [5, 5.41) is 9.03. The maximum Gasteiger partial charge on any atom is 0.165 e. The number of para-hydroxylation sites is 1. The summed E-state index contributed by atoms with van der Waals surface area (Å²) in [4.78, 5) is 0. The Morgan fingerprint density at radius 1 is 1.44 bits per heavy atom. The summed E-state index contributed by atoms with van der Waals surface area (Å²) in [6, 6.07) is 4.58. The van der Waals surface area contributed by atoms with Gasteiger partial charge in [-0.25, -0.2) is 4.39 Å². The van der Waals surface area contributed by atoms with E-state index in [1.807, 2.05) is 11.8 Å². The Morgan fingerprint density at radius 2 is 2.25 bits per heavy atom. The first kappa shape index (κ1) is 13.3. The minimum absolute atomic E-state index is 0.187. The molecule has 1 rings (SSSR count). The molecule has 0 aliphatic rings. The molecular weight excluding hydrogens is 227 g/mol. The van der Waals surface area contributed by atoms with E-state index < -0.39 is 5.82 Å². The number of rotatable bonds is 7. The number of aliphatic hydroxyl groups excluding tert-OH is 1. The van der Waals surface area contributed by atoms with Crippen molar-refractivity contribution < 1.29 is 14.2 Å². The first-order chi connectivity index (χ1) is 7.79. The largest absolute Gasteiger partial charge is 0.490 e. The molecule has 0 bridgehead atoms. The van der Waals surface area contributed by atoms with Crippen molar-refractivity contribution in [2.24, 2.45) is 0 Å². The average Bonchev–Trinajstić information content (AvgIpc) is 2.30. The predicted octanol–water partition coefficient (Wildman–Crippen LogP) is 2.84. The molecule has 0 atom stereocenters. The molecule has 4 heteroatoms. The molecule has 2 nitrogen and oxygen atoms in total. The molecule has 1 aromatic carbocycles. The Morgan fingerprint density at radius 3 is 2.94 bits per heavy atom. The van der Waals surface area contributed by atoms with Crippen LogP contribution in [0, 0.1) is 5.82 Å². The number of ether oxygens (including phenoxy) is 1. The maximum absolute atomic E-state index is 13.4. The van der Waals surface area contributed by atoms with Gasteiger partial charge in [0.2, 0.25) is 0 Å². The Hall–Kier alpha value is -0.740. The van der Waals surface area contributed by atoms with Gasteiger partial charge in [-0.15, -0.1) is 0 Å². The number of thioether (sulfide) groups is 1. The summed E-state index contributed by atoms with van der Waals surface area (Å²) < 4.78 is 18.7. The van der Waals surface area contributed by atoms with Gasteiger partial charge in [0.1, 0.15) is 0 Å². The standard InChI is InChI=1S/C12H17FO2S/c1-2-16-8-4-7-15-12-10(9-14)5-3-6-11(12)13/h3,5-6,14H,2,4,7-9H2,1H3. The van der Waals surface area contributed by atoms with E-state index in [-0.39, 0.29) is 12.4 Å². The van der Waals surface area contributed by atoms with E-state index in [1.54, 1.807) is 12.1 Å². The van der Waals surface area contributed by atoms with Crippen LogP contribution >= 0.6 is 11.8 Å². The molecule has 0 aromatic heterocycles. The van der Waals surface area contributed by atoms with Gasteiger partial charge >= 0.3 is 0 Å². The summed E-state index contributed by atoms with van der Waals surface area (Å²) in [7, 11) is 0. The van der Waals surface area contributed by atoms with Gasteiger partial charge in [0.25, 0.3) is 0 Å². The fourth-order valence-corrected chi connectivity index (χ4v) is 1.93. The van der Waals surface area contributed by atoms with E-state index in [0.717, 1.165) is 17.9 Å². The highest BCUT2D eigenvalue weighted by molar-refractivity contribution is 7.99. The second-order valence-corrected chi connectivity index (χ2v) is 4.68. The summed E-state index contributed by atoms with van der Waals surface area (Å²) in [6.45, 7) is 2.39. The first-order valence-electron chi connectivity index (χ1n) is 5.38. The van der Waals surface area contributed by atoms with E-state index >= 15 is 0 Å². The first-order valence-corrected chi connectivity index (χ1v) is 6.53. The molecule has 0 saturated heterocycles. The van der Waals surface area contributed by atoms with Gasteiger partial charge in [-0.3, -0.25) is 0 Å². The van der Waals surface area contributed by atoms with Crippen LogP contribution in [0.2, 0.25) is 0 Å². The van der Waals surface area contributed by atoms with E-state index in [4.69, 9.17) is 9.84 Å². The lowest BCUT2D eigenvalue weighted by Gasteiger charge is -2.10. The van der Waals surface area contributed by atoms with E-state index in [2.05, 4.69) is 6.92 Å². The van der Waals surface area contributed by atoms with Gasteiger partial charge in [0.15, 0.2) is 11.6 Å². The number of halogens is 1. The van der Waals surface area contributed by atoms with E-state index in [1.165, 1.54) is 6.07 Å². The maximum atomic E-state index is 13.4. The fraction of sp³-hybridized carbons (Fsp3) is 0.500. The highest BCUT2D eigenvalue weighted by atomic mass is 32.2. The van der Waals surface area contributed by atoms with Crippen molar-refractivity contribution in [2.45, 2.75) is 20.0 Å². The monoisotopic (exact) mass is 244 g/mol. The Labute approximate surface area is 99.8 Å². The molecule has 1 aromatic rings. The lowest BCUT2D eigenvalue weighted by atomic mass is 10.2. The molecular formula is C12H17FO2S. The molecule has 0 radical (unpaired) electrons. The van der Waals surface area contributed by atoms with Crippen LogP contribution in [0.25, 0.3) is 0 Å². The van der Waals surface area contributed by atoms with Crippen molar-refractivity contribution in [3.05, 3.63) is 29.6 Å². The zero-order valence-corrected chi connectivity index (χ0v) is 10.2. The van der Waals surface area contributed by atoms with Crippen molar-refractivity contribution in [3.63, 3.8) is 0 Å². The second kappa shape index (κ2) is 7.52. The van der Waals surface area contributed by atoms with Gasteiger partial charge in [0.05, 0.1) is 13.2 Å². The quantitative estimate of drug-likeness (QED) is 0.748. The van der Waals surface area contributed by atoms with Gasteiger partial charge in [-0.05, 0) is 24.0 Å². The molecule has 0 aliphatic carbocycles. The smallest absolute Gasteiger partial charge is 0.165 e. The van der Waals surface area contributed by atoms with Crippen molar-refractivity contribution in [1.29, 1.82) is 0 Å². The number of hydrogen-bond donors (Lipinski definition) is 1. The van der Waals surface area contributed by atoms with Crippen molar-refractivity contribution >= 4 is 11.8 Å². The number of hydrogen-bond acceptors (Lipinski definition) is 3. The third-order valence-corrected chi connectivity index (χ3v) is 3.09. The summed E-state index contributed by atoms with van der Waals surface area (Å²) in [6.07, 6.45) is 0.887. The average molecular weight is 244 g/mol. The fourth-order valence-electron chi connectivity index (χ4n) is 1.32.